The fraction of sp³-hybridized carbons (Fsp3) is 0.368. The summed E-state index contributed by atoms with van der Waals surface area (Å²) < 4.78 is 30.8. The summed E-state index contributed by atoms with van der Waals surface area (Å²) >= 11 is 6.20. The Labute approximate surface area is 168 Å². The molecule has 4 rings (SSSR count). The van der Waals surface area contributed by atoms with E-state index >= 15 is 0 Å². The number of sulfonamides is 1. The number of ether oxygens (including phenoxy) is 1. The summed E-state index contributed by atoms with van der Waals surface area (Å²) in [7, 11) is -3.36. The fourth-order valence-corrected chi connectivity index (χ4v) is 5.09. The van der Waals surface area contributed by atoms with E-state index in [1.54, 1.807) is 13.0 Å². The van der Waals surface area contributed by atoms with Crippen molar-refractivity contribution >= 4 is 39.0 Å². The quantitative estimate of drug-likeness (QED) is 0.819. The lowest BCUT2D eigenvalue weighted by molar-refractivity contribution is 0.00845. The summed E-state index contributed by atoms with van der Waals surface area (Å²) in [6.45, 7) is 3.43. The first kappa shape index (κ1) is 19.2. The largest absolute Gasteiger partial charge is 0.380 e. The summed E-state index contributed by atoms with van der Waals surface area (Å²) in [6.07, 6.45) is 2.07. The number of rotatable bonds is 4. The van der Waals surface area contributed by atoms with Gasteiger partial charge in [0, 0.05) is 34.9 Å². The normalized spacial score (nSPS) is 18.7. The lowest BCUT2D eigenvalue weighted by atomic mass is 9.97. The highest BCUT2D eigenvalue weighted by Gasteiger charge is 2.30. The first-order valence-corrected chi connectivity index (χ1v) is 11.0. The molecule has 2 aliphatic rings. The van der Waals surface area contributed by atoms with Crippen LogP contribution in [0.1, 0.15) is 33.8 Å². The van der Waals surface area contributed by atoms with Crippen molar-refractivity contribution in [2.45, 2.75) is 19.3 Å². The highest BCUT2D eigenvalue weighted by atomic mass is 35.5. The van der Waals surface area contributed by atoms with Crippen LogP contribution in [0.2, 0.25) is 5.02 Å². The highest BCUT2D eigenvalue weighted by molar-refractivity contribution is 7.93. The van der Waals surface area contributed by atoms with Crippen LogP contribution in [-0.4, -0.2) is 44.8 Å². The van der Waals surface area contributed by atoms with E-state index < -0.39 is 10.0 Å². The van der Waals surface area contributed by atoms with E-state index in [1.165, 1.54) is 16.6 Å². The Morgan fingerprint density at radius 3 is 2.71 bits per heavy atom. The molecule has 0 radical (unpaired) electrons. The maximum atomic E-state index is 12.9. The molecule has 7 nitrogen and oxygen atoms in total. The Bertz CT molecular complexity index is 1040. The molecule has 148 valence electrons. The number of benzene rings is 1. The maximum Gasteiger partial charge on any atom is 0.256 e. The lowest BCUT2D eigenvalue weighted by Crippen LogP contribution is -2.27. The van der Waals surface area contributed by atoms with Crippen molar-refractivity contribution in [1.29, 1.82) is 0 Å². The molecule has 0 aliphatic carbocycles. The Morgan fingerprint density at radius 1 is 1.29 bits per heavy atom. The van der Waals surface area contributed by atoms with Gasteiger partial charge in [-0.1, -0.05) is 11.6 Å². The van der Waals surface area contributed by atoms with Crippen molar-refractivity contribution in [3.63, 3.8) is 0 Å². The second-order valence-corrected chi connectivity index (χ2v) is 9.51. The summed E-state index contributed by atoms with van der Waals surface area (Å²) in [6, 6.07) is 6.97. The van der Waals surface area contributed by atoms with Gasteiger partial charge in [0.1, 0.15) is 5.82 Å². The molecule has 0 bridgehead atoms. The second-order valence-electron chi connectivity index (χ2n) is 7.06. The predicted molar refractivity (Wildman–Crippen MR) is 108 cm³/mol. The average molecular weight is 422 g/mol. The van der Waals surface area contributed by atoms with E-state index in [9.17, 15) is 13.2 Å². The molecule has 9 heteroatoms. The lowest BCUT2D eigenvalue weighted by Gasteiger charge is -2.27. The number of aromatic nitrogens is 1. The van der Waals surface area contributed by atoms with Gasteiger partial charge in [-0.05, 0) is 48.7 Å². The Hall–Kier alpha value is -2.16. The predicted octanol–water partition coefficient (Wildman–Crippen LogP) is 2.95. The van der Waals surface area contributed by atoms with Crippen LogP contribution in [0.3, 0.4) is 0 Å². The van der Waals surface area contributed by atoms with Crippen LogP contribution in [-0.2, 0) is 14.8 Å². The molecule has 0 spiro atoms. The number of carbonyl (C=O) groups is 1. The molecule has 28 heavy (non-hydrogen) atoms. The molecule has 2 fully saturated rings. The van der Waals surface area contributed by atoms with Gasteiger partial charge in [-0.2, -0.15) is 0 Å². The van der Waals surface area contributed by atoms with E-state index in [-0.39, 0.29) is 23.4 Å². The summed E-state index contributed by atoms with van der Waals surface area (Å²) in [5, 5.41) is 3.40. The first-order chi connectivity index (χ1) is 13.3. The average Bonchev–Trinajstić information content (AvgIpc) is 2.92. The number of pyridine rings is 1. The number of nitrogens with one attached hydrogen (secondary N) is 1. The van der Waals surface area contributed by atoms with Gasteiger partial charge < -0.3 is 10.1 Å². The van der Waals surface area contributed by atoms with Crippen LogP contribution in [0.4, 0.5) is 11.5 Å². The zero-order valence-corrected chi connectivity index (χ0v) is 16.9. The smallest absolute Gasteiger partial charge is 0.256 e. The van der Waals surface area contributed by atoms with Crippen LogP contribution in [0.25, 0.3) is 0 Å². The maximum absolute atomic E-state index is 12.9. The number of halogens is 1. The number of amides is 1. The highest BCUT2D eigenvalue weighted by Crippen LogP contribution is 2.30. The van der Waals surface area contributed by atoms with Gasteiger partial charge in [0.25, 0.3) is 5.91 Å². The molecule has 0 atom stereocenters. The molecule has 2 saturated heterocycles. The van der Waals surface area contributed by atoms with E-state index in [1.807, 2.05) is 12.1 Å². The molecular weight excluding hydrogens is 402 g/mol. The first-order valence-electron chi connectivity index (χ1n) is 9.00. The third-order valence-corrected chi connectivity index (χ3v) is 7.04. The van der Waals surface area contributed by atoms with Crippen molar-refractivity contribution < 1.29 is 17.9 Å². The van der Waals surface area contributed by atoms with Crippen molar-refractivity contribution in [1.82, 2.24) is 4.98 Å². The number of hydrogen-bond donors (Lipinski definition) is 1. The SMILES string of the molecule is Cc1cnc(N2CCCS2(=O)=O)cc1C(=O)Nc1cc(Cl)cc(C2COC2)c1. The molecule has 2 aromatic rings. The third-order valence-electron chi connectivity index (χ3n) is 4.98. The molecule has 1 aromatic heterocycles. The number of hydrogen-bond acceptors (Lipinski definition) is 5. The van der Waals surface area contributed by atoms with Crippen LogP contribution >= 0.6 is 11.6 Å². The second kappa shape index (κ2) is 7.35. The van der Waals surface area contributed by atoms with Crippen molar-refractivity contribution in [3.8, 4) is 0 Å². The number of nitrogens with zero attached hydrogens (tertiary/aromatic N) is 2. The summed E-state index contributed by atoms with van der Waals surface area (Å²) in [5.41, 5.74) is 2.64. The summed E-state index contributed by atoms with van der Waals surface area (Å²) in [4.78, 5) is 17.1. The van der Waals surface area contributed by atoms with E-state index in [4.69, 9.17) is 16.3 Å². The van der Waals surface area contributed by atoms with Gasteiger partial charge in [0.15, 0.2) is 0 Å². The number of carbonyl (C=O) groups excluding carboxylic acids is 1. The minimum atomic E-state index is -3.36. The van der Waals surface area contributed by atoms with Crippen LogP contribution in [0.5, 0.6) is 0 Å². The Kier molecular flexibility index (Phi) is 5.03. The molecule has 3 heterocycles. The fourth-order valence-electron chi connectivity index (χ4n) is 3.34. The van der Waals surface area contributed by atoms with Gasteiger partial charge in [0.05, 0.1) is 19.0 Å². The monoisotopic (exact) mass is 421 g/mol. The summed E-state index contributed by atoms with van der Waals surface area (Å²) in [5.74, 6) is 0.312. The minimum Gasteiger partial charge on any atom is -0.380 e. The van der Waals surface area contributed by atoms with Crippen LogP contribution < -0.4 is 9.62 Å². The van der Waals surface area contributed by atoms with Gasteiger partial charge in [-0.25, -0.2) is 13.4 Å². The molecule has 0 saturated carbocycles. The molecule has 0 unspecified atom stereocenters. The molecule has 1 N–H and O–H groups in total. The van der Waals surface area contributed by atoms with Crippen molar-refractivity contribution in [2.75, 3.05) is 35.1 Å². The van der Waals surface area contributed by atoms with E-state index in [0.29, 0.717) is 48.0 Å². The standard InChI is InChI=1S/C19H20ClN3O4S/c1-12-9-21-18(23-3-2-4-28(23,25)26)8-17(12)19(24)22-16-6-13(5-15(20)7-16)14-10-27-11-14/h5-9,14H,2-4,10-11H2,1H3,(H,22,24). The molecule has 2 aliphatic heterocycles. The Balaban J connectivity index is 1.60. The van der Waals surface area contributed by atoms with Gasteiger partial charge in [-0.15, -0.1) is 0 Å². The van der Waals surface area contributed by atoms with Crippen molar-refractivity contribution in [3.05, 3.63) is 52.2 Å². The van der Waals surface area contributed by atoms with Gasteiger partial charge >= 0.3 is 0 Å². The third kappa shape index (κ3) is 3.72. The minimum absolute atomic E-state index is 0.0975. The molecule has 1 amide bonds. The van der Waals surface area contributed by atoms with E-state index in [2.05, 4.69) is 10.3 Å². The zero-order valence-electron chi connectivity index (χ0n) is 15.3. The number of anilines is 2. The zero-order chi connectivity index (χ0) is 19.9. The van der Waals surface area contributed by atoms with Gasteiger partial charge in [-0.3, -0.25) is 9.10 Å². The molecule has 1 aromatic carbocycles. The van der Waals surface area contributed by atoms with E-state index in [0.717, 1.165) is 5.56 Å². The van der Waals surface area contributed by atoms with Gasteiger partial charge in [0.2, 0.25) is 10.0 Å². The van der Waals surface area contributed by atoms with Crippen LogP contribution in [0.15, 0.2) is 30.5 Å². The Morgan fingerprint density at radius 2 is 2.07 bits per heavy atom. The molecular formula is C19H20ClN3O4S. The van der Waals surface area contributed by atoms with Crippen molar-refractivity contribution in [2.24, 2.45) is 0 Å². The van der Waals surface area contributed by atoms with Crippen LogP contribution in [0, 0.1) is 6.92 Å². The topological polar surface area (TPSA) is 88.6 Å². The number of aryl methyl sites for hydroxylation is 1.